The van der Waals surface area contributed by atoms with Crippen LogP contribution in [0.2, 0.25) is 0 Å². The molecule has 1 fully saturated rings. The van der Waals surface area contributed by atoms with Crippen LogP contribution in [0.1, 0.15) is 26.2 Å². The molecule has 1 saturated heterocycles. The summed E-state index contributed by atoms with van der Waals surface area (Å²) in [6, 6.07) is 0. The second-order valence-electron chi connectivity index (χ2n) is 3.95. The van der Waals surface area contributed by atoms with Crippen molar-refractivity contribution in [3.05, 3.63) is 0 Å². The normalized spacial score (nSPS) is 29.3. The minimum absolute atomic E-state index is 0.0210. The molecule has 2 atom stereocenters. The van der Waals surface area contributed by atoms with Gasteiger partial charge in [0.15, 0.2) is 0 Å². The smallest absolute Gasteiger partial charge is 0.214 e. The van der Waals surface area contributed by atoms with Crippen LogP contribution in [0.5, 0.6) is 0 Å². The van der Waals surface area contributed by atoms with Gasteiger partial charge in [0.1, 0.15) is 0 Å². The largest absolute Gasteiger partial charge is 0.390 e. The number of β-amino-alcohol motifs (C(OH)–C–C–N with tert-alkyl or cyclic N) is 1. The summed E-state index contributed by atoms with van der Waals surface area (Å²) in [4.78, 5) is 0. The minimum Gasteiger partial charge on any atom is -0.390 e. The van der Waals surface area contributed by atoms with Crippen LogP contribution in [0.4, 0.5) is 0 Å². The molecular weight excluding hydrogens is 218 g/mol. The predicted molar refractivity (Wildman–Crippen MR) is 56.9 cm³/mol. The molecule has 90 valence electrons. The van der Waals surface area contributed by atoms with Crippen LogP contribution >= 0.6 is 0 Å². The summed E-state index contributed by atoms with van der Waals surface area (Å²) in [7, 11) is -3.24. The number of hydrogen-bond donors (Lipinski definition) is 2. The highest BCUT2D eigenvalue weighted by molar-refractivity contribution is 7.89. The second-order valence-corrected chi connectivity index (χ2v) is 6.04. The predicted octanol–water partition coefficient (Wildman–Crippen LogP) is -0.456. The average Bonchev–Trinajstić information content (AvgIpc) is 2.19. The van der Waals surface area contributed by atoms with E-state index in [-0.39, 0.29) is 12.3 Å². The zero-order valence-electron chi connectivity index (χ0n) is 8.96. The van der Waals surface area contributed by atoms with Crippen LogP contribution in [-0.4, -0.2) is 54.0 Å². The maximum absolute atomic E-state index is 11.7. The maximum Gasteiger partial charge on any atom is 0.214 e. The lowest BCUT2D eigenvalue weighted by molar-refractivity contribution is -0.0191. The van der Waals surface area contributed by atoms with E-state index in [0.29, 0.717) is 19.4 Å². The molecular formula is C9H19NO4S. The number of piperidine rings is 1. The molecule has 2 N–H and O–H groups in total. The Morgan fingerprint density at radius 3 is 2.53 bits per heavy atom. The van der Waals surface area contributed by atoms with Crippen molar-refractivity contribution in [1.82, 2.24) is 4.31 Å². The highest BCUT2D eigenvalue weighted by atomic mass is 32.2. The van der Waals surface area contributed by atoms with Crippen LogP contribution < -0.4 is 0 Å². The summed E-state index contributed by atoms with van der Waals surface area (Å²) in [5.74, 6) is 0.131. The molecule has 1 aliphatic rings. The zero-order chi connectivity index (χ0) is 11.5. The first kappa shape index (κ1) is 12.9. The Labute approximate surface area is 90.8 Å². The molecule has 0 unspecified atom stereocenters. The third-order valence-electron chi connectivity index (χ3n) is 2.66. The summed E-state index contributed by atoms with van der Waals surface area (Å²) in [5, 5.41) is 18.6. The molecule has 0 amide bonds. The monoisotopic (exact) mass is 237 g/mol. The van der Waals surface area contributed by atoms with Gasteiger partial charge in [-0.2, -0.15) is 4.31 Å². The summed E-state index contributed by atoms with van der Waals surface area (Å²) < 4.78 is 24.7. The Hall–Kier alpha value is -0.170. The van der Waals surface area contributed by atoms with Crippen molar-refractivity contribution >= 4 is 10.0 Å². The lowest BCUT2D eigenvalue weighted by Gasteiger charge is -2.32. The molecule has 1 heterocycles. The van der Waals surface area contributed by atoms with Crippen LogP contribution in [0, 0.1) is 0 Å². The van der Waals surface area contributed by atoms with Crippen LogP contribution in [0.15, 0.2) is 0 Å². The van der Waals surface area contributed by atoms with E-state index in [0.717, 1.165) is 6.42 Å². The van der Waals surface area contributed by atoms with E-state index in [1.165, 1.54) is 4.31 Å². The summed E-state index contributed by atoms with van der Waals surface area (Å²) in [6.45, 7) is 2.27. The van der Waals surface area contributed by atoms with Crippen molar-refractivity contribution in [3.63, 3.8) is 0 Å². The van der Waals surface area contributed by atoms with Gasteiger partial charge in [0.2, 0.25) is 10.0 Å². The Morgan fingerprint density at radius 1 is 1.33 bits per heavy atom. The highest BCUT2D eigenvalue weighted by Crippen LogP contribution is 2.15. The molecule has 15 heavy (non-hydrogen) atoms. The SMILES string of the molecule is CCCCS(=O)(=O)N1CC[C@@H](O)[C@H](O)C1. The van der Waals surface area contributed by atoms with Crippen molar-refractivity contribution in [1.29, 1.82) is 0 Å². The van der Waals surface area contributed by atoms with Gasteiger partial charge < -0.3 is 10.2 Å². The number of nitrogens with zero attached hydrogens (tertiary/aromatic N) is 1. The first-order chi connectivity index (χ1) is 6.97. The molecule has 0 aliphatic carbocycles. The Kier molecular flexibility index (Phi) is 4.51. The van der Waals surface area contributed by atoms with Gasteiger partial charge in [-0.3, -0.25) is 0 Å². The number of aliphatic hydroxyl groups excluding tert-OH is 2. The van der Waals surface area contributed by atoms with E-state index < -0.39 is 22.2 Å². The molecule has 1 aliphatic heterocycles. The Balaban J connectivity index is 2.57. The molecule has 6 heteroatoms. The molecule has 0 saturated carbocycles. The molecule has 0 bridgehead atoms. The van der Waals surface area contributed by atoms with E-state index in [2.05, 4.69) is 0 Å². The lowest BCUT2D eigenvalue weighted by Crippen LogP contribution is -2.49. The van der Waals surface area contributed by atoms with Gasteiger partial charge >= 0.3 is 0 Å². The van der Waals surface area contributed by atoms with Crippen molar-refractivity contribution < 1.29 is 18.6 Å². The van der Waals surface area contributed by atoms with Gasteiger partial charge in [-0.15, -0.1) is 0 Å². The van der Waals surface area contributed by atoms with E-state index >= 15 is 0 Å². The summed E-state index contributed by atoms with van der Waals surface area (Å²) in [5.41, 5.74) is 0. The number of hydrogen-bond acceptors (Lipinski definition) is 4. The minimum atomic E-state index is -3.24. The van der Waals surface area contributed by atoms with Crippen LogP contribution in [-0.2, 0) is 10.0 Å². The van der Waals surface area contributed by atoms with E-state index in [1.54, 1.807) is 0 Å². The number of unbranched alkanes of at least 4 members (excludes halogenated alkanes) is 1. The highest BCUT2D eigenvalue weighted by Gasteiger charge is 2.32. The standard InChI is InChI=1S/C9H19NO4S/c1-2-3-6-15(13,14)10-5-4-8(11)9(12)7-10/h8-9,11-12H,2-7H2,1H3/t8-,9-/m1/s1. The first-order valence-corrected chi connectivity index (χ1v) is 6.92. The molecule has 1 rings (SSSR count). The van der Waals surface area contributed by atoms with Gasteiger partial charge in [0.05, 0.1) is 18.0 Å². The third-order valence-corrected chi connectivity index (χ3v) is 4.58. The Bertz CT molecular complexity index is 290. The van der Waals surface area contributed by atoms with Crippen LogP contribution in [0.3, 0.4) is 0 Å². The summed E-state index contributed by atoms with van der Waals surface area (Å²) >= 11 is 0. The van der Waals surface area contributed by atoms with Crippen molar-refractivity contribution in [3.8, 4) is 0 Å². The fourth-order valence-corrected chi connectivity index (χ4v) is 3.27. The first-order valence-electron chi connectivity index (χ1n) is 5.31. The lowest BCUT2D eigenvalue weighted by atomic mass is 10.1. The summed E-state index contributed by atoms with van der Waals surface area (Å²) in [6.07, 6.45) is 0.0418. The number of sulfonamides is 1. The van der Waals surface area contributed by atoms with Crippen LogP contribution in [0.25, 0.3) is 0 Å². The van der Waals surface area contributed by atoms with Gasteiger partial charge in [-0.1, -0.05) is 13.3 Å². The molecule has 0 aromatic carbocycles. The fourth-order valence-electron chi connectivity index (χ4n) is 1.60. The topological polar surface area (TPSA) is 77.8 Å². The number of aliphatic hydroxyl groups is 2. The molecule has 5 nitrogen and oxygen atoms in total. The van der Waals surface area contributed by atoms with Gasteiger partial charge in [0, 0.05) is 13.1 Å². The molecule has 0 spiro atoms. The average molecular weight is 237 g/mol. The van der Waals surface area contributed by atoms with E-state index in [4.69, 9.17) is 0 Å². The van der Waals surface area contributed by atoms with Gasteiger partial charge in [-0.05, 0) is 12.8 Å². The Morgan fingerprint density at radius 2 is 2.00 bits per heavy atom. The quantitative estimate of drug-likeness (QED) is 0.694. The van der Waals surface area contributed by atoms with Crippen molar-refractivity contribution in [2.75, 3.05) is 18.8 Å². The zero-order valence-corrected chi connectivity index (χ0v) is 9.78. The molecule has 0 aromatic heterocycles. The van der Waals surface area contributed by atoms with Crippen molar-refractivity contribution in [2.45, 2.75) is 38.4 Å². The second kappa shape index (κ2) is 5.25. The van der Waals surface area contributed by atoms with E-state index in [1.807, 2.05) is 6.92 Å². The van der Waals surface area contributed by atoms with Gasteiger partial charge in [-0.25, -0.2) is 8.42 Å². The molecule has 0 radical (unpaired) electrons. The van der Waals surface area contributed by atoms with E-state index in [9.17, 15) is 18.6 Å². The fraction of sp³-hybridized carbons (Fsp3) is 1.00. The maximum atomic E-state index is 11.7. The van der Waals surface area contributed by atoms with Gasteiger partial charge in [0.25, 0.3) is 0 Å². The number of rotatable bonds is 4. The molecule has 0 aromatic rings. The van der Waals surface area contributed by atoms with Crippen molar-refractivity contribution in [2.24, 2.45) is 0 Å². The third kappa shape index (κ3) is 3.41.